The van der Waals surface area contributed by atoms with Gasteiger partial charge in [-0.1, -0.05) is 53.7 Å². The molecule has 0 aliphatic rings. The van der Waals surface area contributed by atoms with Crippen LogP contribution in [-0.4, -0.2) is 22.9 Å². The molecule has 1 aromatic heterocycles. The average Bonchev–Trinajstić information content (AvgIpc) is 2.96. The van der Waals surface area contributed by atoms with E-state index >= 15 is 0 Å². The van der Waals surface area contributed by atoms with E-state index in [1.165, 1.54) is 11.8 Å². The predicted molar refractivity (Wildman–Crippen MR) is 97.3 cm³/mol. The van der Waals surface area contributed by atoms with Gasteiger partial charge in [0.15, 0.2) is 4.34 Å². The summed E-state index contributed by atoms with van der Waals surface area (Å²) in [6, 6.07) is 15.9. The number of fused-ring (bicyclic) bond motifs is 1. The zero-order valence-electron chi connectivity index (χ0n) is 12.5. The van der Waals surface area contributed by atoms with Crippen LogP contribution in [0.3, 0.4) is 0 Å². The number of hydrogen-bond donors (Lipinski definition) is 1. The van der Waals surface area contributed by atoms with Crippen LogP contribution in [0.2, 0.25) is 0 Å². The fraction of sp³-hybridized carbons (Fsp3) is 0.118. The van der Waals surface area contributed by atoms with Crippen molar-refractivity contribution in [3.05, 3.63) is 59.7 Å². The molecule has 1 heterocycles. The molecule has 0 saturated heterocycles. The molecule has 0 saturated carbocycles. The van der Waals surface area contributed by atoms with E-state index in [1.54, 1.807) is 17.6 Å². The quantitative estimate of drug-likeness (QED) is 0.436. The maximum atomic E-state index is 11.8. The minimum Gasteiger partial charge on any atom is -0.272 e. The molecular weight excluding hydrogens is 326 g/mol. The maximum Gasteiger partial charge on any atom is 0.250 e. The van der Waals surface area contributed by atoms with E-state index in [1.807, 2.05) is 55.5 Å². The number of thioether (sulfide) groups is 1. The average molecular weight is 341 g/mol. The number of benzene rings is 2. The number of aryl methyl sites for hydroxylation is 1. The molecule has 0 fully saturated rings. The number of carbonyl (C=O) groups is 1. The number of hydrogen-bond acceptors (Lipinski definition) is 5. The van der Waals surface area contributed by atoms with Gasteiger partial charge in [0.25, 0.3) is 5.91 Å². The standard InChI is InChI=1S/C17H15N3OS2/c1-12-5-4-6-13(9-12)10-18-20-16(21)11-22-17-19-14-7-2-3-8-15(14)23-17/h2-10H,11H2,1H3,(H,20,21). The Balaban J connectivity index is 1.51. The van der Waals surface area contributed by atoms with E-state index in [0.717, 1.165) is 25.7 Å². The molecule has 6 heteroatoms. The first kappa shape index (κ1) is 15.7. The van der Waals surface area contributed by atoms with Crippen LogP contribution in [0.25, 0.3) is 10.2 Å². The van der Waals surface area contributed by atoms with Crippen LogP contribution in [0.4, 0.5) is 0 Å². The van der Waals surface area contributed by atoms with Crippen molar-refractivity contribution >= 4 is 45.4 Å². The molecule has 0 aliphatic carbocycles. The summed E-state index contributed by atoms with van der Waals surface area (Å²) in [4.78, 5) is 16.3. The van der Waals surface area contributed by atoms with Gasteiger partial charge < -0.3 is 0 Å². The second kappa shape index (κ2) is 7.39. The van der Waals surface area contributed by atoms with Gasteiger partial charge in [-0.05, 0) is 24.6 Å². The van der Waals surface area contributed by atoms with E-state index < -0.39 is 0 Å². The van der Waals surface area contributed by atoms with E-state index in [2.05, 4.69) is 15.5 Å². The number of rotatable bonds is 5. The lowest BCUT2D eigenvalue weighted by Crippen LogP contribution is -2.19. The van der Waals surface area contributed by atoms with Gasteiger partial charge in [-0.2, -0.15) is 5.10 Å². The molecule has 2 aromatic carbocycles. The molecule has 4 nitrogen and oxygen atoms in total. The fourth-order valence-electron chi connectivity index (χ4n) is 2.00. The Hall–Kier alpha value is -2.18. The van der Waals surface area contributed by atoms with Gasteiger partial charge >= 0.3 is 0 Å². The summed E-state index contributed by atoms with van der Waals surface area (Å²) in [6.07, 6.45) is 1.65. The molecule has 0 bridgehead atoms. The van der Waals surface area contributed by atoms with Gasteiger partial charge in [-0.25, -0.2) is 10.4 Å². The van der Waals surface area contributed by atoms with E-state index in [-0.39, 0.29) is 5.91 Å². The van der Waals surface area contributed by atoms with Gasteiger partial charge in [0.2, 0.25) is 0 Å². The number of nitrogens with one attached hydrogen (secondary N) is 1. The highest BCUT2D eigenvalue weighted by molar-refractivity contribution is 8.01. The van der Waals surface area contributed by atoms with Crippen molar-refractivity contribution in [3.8, 4) is 0 Å². The molecule has 3 rings (SSSR count). The highest BCUT2D eigenvalue weighted by Crippen LogP contribution is 2.28. The van der Waals surface area contributed by atoms with Crippen molar-refractivity contribution in [1.29, 1.82) is 0 Å². The first-order valence-electron chi connectivity index (χ1n) is 7.08. The Kier molecular flexibility index (Phi) is 5.05. The highest BCUT2D eigenvalue weighted by atomic mass is 32.2. The fourth-order valence-corrected chi connectivity index (χ4v) is 3.86. The minimum atomic E-state index is -0.141. The molecule has 116 valence electrons. The third kappa shape index (κ3) is 4.40. The monoisotopic (exact) mass is 341 g/mol. The van der Waals surface area contributed by atoms with Crippen LogP contribution in [0, 0.1) is 6.92 Å². The summed E-state index contributed by atoms with van der Waals surface area (Å²) in [7, 11) is 0. The minimum absolute atomic E-state index is 0.141. The van der Waals surface area contributed by atoms with Crippen molar-refractivity contribution in [2.75, 3.05) is 5.75 Å². The smallest absolute Gasteiger partial charge is 0.250 e. The summed E-state index contributed by atoms with van der Waals surface area (Å²) in [6.45, 7) is 2.02. The van der Waals surface area contributed by atoms with Crippen LogP contribution in [0.5, 0.6) is 0 Å². The third-order valence-electron chi connectivity index (χ3n) is 3.05. The topological polar surface area (TPSA) is 54.4 Å². The number of aromatic nitrogens is 1. The summed E-state index contributed by atoms with van der Waals surface area (Å²) in [5.41, 5.74) is 5.63. The summed E-state index contributed by atoms with van der Waals surface area (Å²) >= 11 is 3.02. The molecule has 0 unspecified atom stereocenters. The van der Waals surface area contributed by atoms with E-state index in [4.69, 9.17) is 0 Å². The second-order valence-corrected chi connectivity index (χ2v) is 7.20. The molecule has 1 N–H and O–H groups in total. The summed E-state index contributed by atoms with van der Waals surface area (Å²) in [5, 5.41) is 3.98. The van der Waals surface area contributed by atoms with Crippen molar-refractivity contribution in [1.82, 2.24) is 10.4 Å². The van der Waals surface area contributed by atoms with Crippen molar-refractivity contribution in [2.24, 2.45) is 5.10 Å². The molecule has 0 atom stereocenters. The highest BCUT2D eigenvalue weighted by Gasteiger charge is 2.06. The van der Waals surface area contributed by atoms with Crippen LogP contribution in [0.1, 0.15) is 11.1 Å². The SMILES string of the molecule is Cc1cccc(C=NNC(=O)CSc2nc3ccccc3s2)c1. The van der Waals surface area contributed by atoms with Crippen molar-refractivity contribution in [3.63, 3.8) is 0 Å². The lowest BCUT2D eigenvalue weighted by atomic mass is 10.2. The molecule has 0 aliphatic heterocycles. The Morgan fingerprint density at radius 3 is 3.00 bits per heavy atom. The van der Waals surface area contributed by atoms with E-state index in [0.29, 0.717) is 5.75 Å². The summed E-state index contributed by atoms with van der Waals surface area (Å²) < 4.78 is 2.02. The third-order valence-corrected chi connectivity index (χ3v) is 5.23. The molecule has 23 heavy (non-hydrogen) atoms. The first-order valence-corrected chi connectivity index (χ1v) is 8.88. The number of thiazole rings is 1. The van der Waals surface area contributed by atoms with Gasteiger partial charge in [-0.15, -0.1) is 11.3 Å². The Bertz CT molecular complexity index is 825. The van der Waals surface area contributed by atoms with Crippen molar-refractivity contribution in [2.45, 2.75) is 11.3 Å². The van der Waals surface area contributed by atoms with Crippen LogP contribution >= 0.6 is 23.1 Å². The van der Waals surface area contributed by atoms with Gasteiger partial charge in [0.05, 0.1) is 22.2 Å². The predicted octanol–water partition coefficient (Wildman–Crippen LogP) is 3.85. The van der Waals surface area contributed by atoms with Crippen LogP contribution in [0.15, 0.2) is 58.0 Å². The first-order chi connectivity index (χ1) is 11.2. The number of carbonyl (C=O) groups excluding carboxylic acids is 1. The summed E-state index contributed by atoms with van der Waals surface area (Å²) in [5.74, 6) is 0.156. The van der Waals surface area contributed by atoms with Crippen LogP contribution in [-0.2, 0) is 4.79 Å². The molecule has 1 amide bonds. The van der Waals surface area contributed by atoms with Gasteiger partial charge in [0, 0.05) is 0 Å². The largest absolute Gasteiger partial charge is 0.272 e. The van der Waals surface area contributed by atoms with Crippen molar-refractivity contribution < 1.29 is 4.79 Å². The van der Waals surface area contributed by atoms with E-state index in [9.17, 15) is 4.79 Å². The molecule has 0 radical (unpaired) electrons. The molecule has 0 spiro atoms. The Morgan fingerprint density at radius 1 is 1.30 bits per heavy atom. The number of nitrogens with zero attached hydrogens (tertiary/aromatic N) is 2. The maximum absolute atomic E-state index is 11.8. The van der Waals surface area contributed by atoms with Gasteiger partial charge in [0.1, 0.15) is 0 Å². The normalized spacial score (nSPS) is 11.2. The molecular formula is C17H15N3OS2. The van der Waals surface area contributed by atoms with Crippen LogP contribution < -0.4 is 5.43 Å². The Labute approximate surface area is 142 Å². The number of para-hydroxylation sites is 1. The Morgan fingerprint density at radius 2 is 2.17 bits per heavy atom. The lowest BCUT2D eigenvalue weighted by Gasteiger charge is -1.98. The number of amides is 1. The zero-order chi connectivity index (χ0) is 16.1. The van der Waals surface area contributed by atoms with Gasteiger partial charge in [-0.3, -0.25) is 4.79 Å². The zero-order valence-corrected chi connectivity index (χ0v) is 14.2. The molecule has 3 aromatic rings. The lowest BCUT2D eigenvalue weighted by molar-refractivity contribution is -0.118. The number of hydrazone groups is 1. The second-order valence-electron chi connectivity index (χ2n) is 4.94.